The van der Waals surface area contributed by atoms with Gasteiger partial charge in [-0.3, -0.25) is 4.79 Å². The van der Waals surface area contributed by atoms with Crippen molar-refractivity contribution in [3.63, 3.8) is 0 Å². The predicted molar refractivity (Wildman–Crippen MR) is 71.8 cm³/mol. The fourth-order valence-corrected chi connectivity index (χ4v) is 3.63. The average Bonchev–Trinajstić information content (AvgIpc) is 2.99. The minimum Gasteiger partial charge on any atom is -0.548 e. The molecular formula is C13H15N2O5S-. The molecule has 1 amide bonds. The monoisotopic (exact) mass is 311 g/mol. The molecule has 8 heteroatoms. The number of carboxylic acids is 1. The number of amides is 1. The van der Waals surface area contributed by atoms with Crippen LogP contribution < -0.4 is 10.4 Å². The van der Waals surface area contributed by atoms with Crippen molar-refractivity contribution in [1.29, 1.82) is 0 Å². The molecule has 1 aromatic carbocycles. The maximum atomic E-state index is 12.3. The van der Waals surface area contributed by atoms with Crippen LogP contribution in [0, 0.1) is 0 Å². The molecule has 1 heterocycles. The van der Waals surface area contributed by atoms with E-state index in [-0.39, 0.29) is 10.5 Å². The quantitative estimate of drug-likeness (QED) is 0.747. The maximum Gasteiger partial charge on any atom is 0.251 e. The zero-order valence-corrected chi connectivity index (χ0v) is 12.1. The number of rotatable bonds is 5. The van der Waals surface area contributed by atoms with Gasteiger partial charge in [0, 0.05) is 18.7 Å². The molecule has 1 saturated heterocycles. The van der Waals surface area contributed by atoms with E-state index >= 15 is 0 Å². The Bertz CT molecular complexity index is 633. The van der Waals surface area contributed by atoms with Gasteiger partial charge in [0.2, 0.25) is 10.0 Å². The van der Waals surface area contributed by atoms with Crippen LogP contribution in [0.15, 0.2) is 29.2 Å². The van der Waals surface area contributed by atoms with Crippen molar-refractivity contribution in [2.45, 2.75) is 17.7 Å². The summed E-state index contributed by atoms with van der Waals surface area (Å²) in [5.41, 5.74) is 0.191. The van der Waals surface area contributed by atoms with Crippen LogP contribution in [0.1, 0.15) is 23.2 Å². The first kappa shape index (κ1) is 15.5. The van der Waals surface area contributed by atoms with E-state index in [0.29, 0.717) is 13.1 Å². The van der Waals surface area contributed by atoms with Gasteiger partial charge in [-0.25, -0.2) is 8.42 Å². The van der Waals surface area contributed by atoms with Crippen LogP contribution in [-0.4, -0.2) is 44.2 Å². The lowest BCUT2D eigenvalue weighted by atomic mass is 10.2. The minimum absolute atomic E-state index is 0.126. The van der Waals surface area contributed by atoms with Crippen molar-refractivity contribution in [1.82, 2.24) is 9.62 Å². The van der Waals surface area contributed by atoms with Crippen molar-refractivity contribution in [2.24, 2.45) is 0 Å². The molecule has 7 nitrogen and oxygen atoms in total. The molecule has 1 aromatic rings. The number of nitrogens with zero attached hydrogens (tertiary/aromatic N) is 1. The van der Waals surface area contributed by atoms with Crippen LogP contribution in [0.5, 0.6) is 0 Å². The number of carbonyl (C=O) groups excluding carboxylic acids is 2. The molecule has 1 fully saturated rings. The van der Waals surface area contributed by atoms with E-state index in [2.05, 4.69) is 5.32 Å². The van der Waals surface area contributed by atoms with Gasteiger partial charge in [0.1, 0.15) is 0 Å². The highest BCUT2D eigenvalue weighted by Gasteiger charge is 2.27. The minimum atomic E-state index is -3.51. The summed E-state index contributed by atoms with van der Waals surface area (Å²) < 4.78 is 26.0. The van der Waals surface area contributed by atoms with Gasteiger partial charge < -0.3 is 15.2 Å². The van der Waals surface area contributed by atoms with Crippen molar-refractivity contribution in [3.05, 3.63) is 29.8 Å². The highest BCUT2D eigenvalue weighted by Crippen LogP contribution is 2.20. The second kappa shape index (κ2) is 6.23. The predicted octanol–water partition coefficient (Wildman–Crippen LogP) is -1.05. The summed E-state index contributed by atoms with van der Waals surface area (Å²) in [4.78, 5) is 22.0. The summed E-state index contributed by atoms with van der Waals surface area (Å²) in [7, 11) is -3.51. The molecule has 1 aliphatic heterocycles. The fourth-order valence-electron chi connectivity index (χ4n) is 2.11. The van der Waals surface area contributed by atoms with Crippen LogP contribution in [0.3, 0.4) is 0 Å². The Hall–Kier alpha value is -1.93. The highest BCUT2D eigenvalue weighted by molar-refractivity contribution is 7.89. The van der Waals surface area contributed by atoms with E-state index in [1.807, 2.05) is 0 Å². The normalized spacial score (nSPS) is 15.8. The second-order valence-electron chi connectivity index (χ2n) is 4.69. The van der Waals surface area contributed by atoms with Gasteiger partial charge in [0.15, 0.2) is 0 Å². The zero-order valence-electron chi connectivity index (χ0n) is 11.2. The molecule has 2 rings (SSSR count). The summed E-state index contributed by atoms with van der Waals surface area (Å²) in [6.07, 6.45) is 1.70. The third kappa shape index (κ3) is 3.59. The molecule has 0 atom stereocenters. The topological polar surface area (TPSA) is 107 Å². The first-order valence-electron chi connectivity index (χ1n) is 6.49. The Morgan fingerprint density at radius 1 is 1.14 bits per heavy atom. The third-order valence-corrected chi connectivity index (χ3v) is 5.13. The number of benzene rings is 1. The lowest BCUT2D eigenvalue weighted by Crippen LogP contribution is -2.37. The van der Waals surface area contributed by atoms with Crippen LogP contribution in [0.25, 0.3) is 0 Å². The number of carboxylic acid groups (broad SMARTS) is 1. The molecule has 1 aliphatic rings. The van der Waals surface area contributed by atoms with Crippen LogP contribution in [-0.2, 0) is 14.8 Å². The first-order valence-corrected chi connectivity index (χ1v) is 7.93. The van der Waals surface area contributed by atoms with Crippen molar-refractivity contribution >= 4 is 21.9 Å². The largest absolute Gasteiger partial charge is 0.548 e. The van der Waals surface area contributed by atoms with E-state index in [0.717, 1.165) is 12.8 Å². The summed E-state index contributed by atoms with van der Waals surface area (Å²) >= 11 is 0. The summed E-state index contributed by atoms with van der Waals surface area (Å²) in [5, 5.41) is 12.4. The standard InChI is InChI=1S/C13H16N2O5S/c16-12(17)9-14-13(18)10-3-5-11(6-4-10)21(19,20)15-7-1-2-8-15/h3-6H,1-2,7-9H2,(H,14,18)(H,16,17)/p-1. The van der Waals surface area contributed by atoms with Gasteiger partial charge in [-0.1, -0.05) is 0 Å². The number of hydrogen-bond acceptors (Lipinski definition) is 5. The Kier molecular flexibility index (Phi) is 4.59. The number of sulfonamides is 1. The van der Waals surface area contributed by atoms with Gasteiger partial charge in [-0.15, -0.1) is 0 Å². The highest BCUT2D eigenvalue weighted by atomic mass is 32.2. The first-order chi connectivity index (χ1) is 9.91. The second-order valence-corrected chi connectivity index (χ2v) is 6.63. The van der Waals surface area contributed by atoms with E-state index in [9.17, 15) is 23.1 Å². The molecule has 0 radical (unpaired) electrons. The Morgan fingerprint density at radius 2 is 1.71 bits per heavy atom. The molecular weight excluding hydrogens is 296 g/mol. The van der Waals surface area contributed by atoms with Gasteiger partial charge >= 0.3 is 0 Å². The van der Waals surface area contributed by atoms with Gasteiger partial charge in [-0.2, -0.15) is 4.31 Å². The van der Waals surface area contributed by atoms with Gasteiger partial charge in [-0.05, 0) is 37.1 Å². The fraction of sp³-hybridized carbons (Fsp3) is 0.385. The summed E-state index contributed by atoms with van der Waals surface area (Å²) in [6.45, 7) is 0.430. The molecule has 0 unspecified atom stereocenters. The molecule has 0 spiro atoms. The van der Waals surface area contributed by atoms with Crippen LogP contribution in [0.4, 0.5) is 0 Å². The summed E-state index contributed by atoms with van der Waals surface area (Å²) in [6, 6.07) is 5.41. The summed E-state index contributed by atoms with van der Waals surface area (Å²) in [5.74, 6) is -1.99. The van der Waals surface area contributed by atoms with E-state index in [1.165, 1.54) is 28.6 Å². The number of hydrogen-bond donors (Lipinski definition) is 1. The SMILES string of the molecule is O=C([O-])CNC(=O)c1ccc(S(=O)(=O)N2CCCC2)cc1. The maximum absolute atomic E-state index is 12.3. The van der Waals surface area contributed by atoms with Crippen molar-refractivity contribution < 1.29 is 23.1 Å². The van der Waals surface area contributed by atoms with Crippen molar-refractivity contribution in [3.8, 4) is 0 Å². The van der Waals surface area contributed by atoms with E-state index in [4.69, 9.17) is 0 Å². The molecule has 0 aliphatic carbocycles. The van der Waals surface area contributed by atoms with E-state index in [1.54, 1.807) is 0 Å². The molecule has 114 valence electrons. The molecule has 0 aromatic heterocycles. The molecule has 1 N–H and O–H groups in total. The van der Waals surface area contributed by atoms with Crippen molar-refractivity contribution in [2.75, 3.05) is 19.6 Å². The third-order valence-electron chi connectivity index (χ3n) is 3.21. The number of carbonyl (C=O) groups is 2. The Balaban J connectivity index is 2.11. The van der Waals surface area contributed by atoms with Gasteiger partial charge in [0.05, 0.1) is 17.4 Å². The molecule has 0 bridgehead atoms. The number of aliphatic carboxylic acids is 1. The lowest BCUT2D eigenvalue weighted by Gasteiger charge is -2.15. The Labute approximate surface area is 122 Å². The molecule has 0 saturated carbocycles. The molecule has 21 heavy (non-hydrogen) atoms. The number of nitrogens with one attached hydrogen (secondary N) is 1. The average molecular weight is 311 g/mol. The van der Waals surface area contributed by atoms with E-state index < -0.39 is 28.4 Å². The Morgan fingerprint density at radius 3 is 2.24 bits per heavy atom. The van der Waals surface area contributed by atoms with Crippen LogP contribution >= 0.6 is 0 Å². The lowest BCUT2D eigenvalue weighted by molar-refractivity contribution is -0.303. The van der Waals surface area contributed by atoms with Gasteiger partial charge in [0.25, 0.3) is 5.91 Å². The smallest absolute Gasteiger partial charge is 0.251 e. The van der Waals surface area contributed by atoms with Crippen LogP contribution in [0.2, 0.25) is 0 Å². The zero-order chi connectivity index (χ0) is 15.5.